The van der Waals surface area contributed by atoms with Crippen LogP contribution in [-0.4, -0.2) is 35.1 Å². The summed E-state index contributed by atoms with van der Waals surface area (Å²) in [6, 6.07) is 4.94. The maximum Gasteiger partial charge on any atom is 0.257 e. The number of benzene rings is 1. The first-order chi connectivity index (χ1) is 9.15. The van der Waals surface area contributed by atoms with Gasteiger partial charge in [-0.2, -0.15) is 0 Å². The fourth-order valence-electron chi connectivity index (χ4n) is 2.68. The molecule has 19 heavy (non-hydrogen) atoms. The molecule has 0 radical (unpaired) electrons. The second-order valence-electron chi connectivity index (χ2n) is 5.10. The van der Waals surface area contributed by atoms with Gasteiger partial charge in [0, 0.05) is 19.2 Å². The third kappa shape index (κ3) is 2.95. The van der Waals surface area contributed by atoms with Crippen molar-refractivity contribution in [1.82, 2.24) is 4.90 Å². The highest BCUT2D eigenvalue weighted by molar-refractivity contribution is 5.95. The minimum absolute atomic E-state index is 0.0335. The predicted octanol–water partition coefficient (Wildman–Crippen LogP) is 2.51. The predicted molar refractivity (Wildman–Crippen MR) is 71.5 cm³/mol. The van der Waals surface area contributed by atoms with Crippen molar-refractivity contribution in [3.8, 4) is 0 Å². The van der Waals surface area contributed by atoms with Gasteiger partial charge in [0.05, 0.1) is 5.56 Å². The van der Waals surface area contributed by atoms with Crippen molar-refractivity contribution in [3.63, 3.8) is 0 Å². The van der Waals surface area contributed by atoms with Gasteiger partial charge in [-0.1, -0.05) is 12.1 Å². The average Bonchev–Trinajstić information content (AvgIpc) is 2.42. The lowest BCUT2D eigenvalue weighted by atomic mass is 9.98. The molecule has 0 aliphatic carbocycles. The lowest BCUT2D eigenvalue weighted by Crippen LogP contribution is -2.44. The molecular formula is C15H20FNO2. The van der Waals surface area contributed by atoms with Crippen LogP contribution in [0.5, 0.6) is 0 Å². The minimum atomic E-state index is -0.430. The molecule has 1 aliphatic heterocycles. The molecular weight excluding hydrogens is 245 g/mol. The molecule has 0 bridgehead atoms. The van der Waals surface area contributed by atoms with Crippen LogP contribution in [0.2, 0.25) is 0 Å². The maximum absolute atomic E-state index is 14.0. The molecule has 1 atom stereocenters. The number of carbonyl (C=O) groups is 1. The third-order valence-corrected chi connectivity index (χ3v) is 3.77. The zero-order chi connectivity index (χ0) is 13.8. The number of rotatable bonds is 3. The number of halogens is 1. The quantitative estimate of drug-likeness (QED) is 0.912. The molecule has 0 spiro atoms. The van der Waals surface area contributed by atoms with Gasteiger partial charge in [0.15, 0.2) is 0 Å². The molecule has 4 heteroatoms. The van der Waals surface area contributed by atoms with Gasteiger partial charge in [0.1, 0.15) is 5.82 Å². The summed E-state index contributed by atoms with van der Waals surface area (Å²) in [5, 5.41) is 9.08. The summed E-state index contributed by atoms with van der Waals surface area (Å²) >= 11 is 0. The Morgan fingerprint density at radius 1 is 1.47 bits per heavy atom. The van der Waals surface area contributed by atoms with Crippen LogP contribution in [0, 0.1) is 12.7 Å². The molecule has 1 N–H and O–H groups in total. The van der Waals surface area contributed by atoms with Gasteiger partial charge in [-0.3, -0.25) is 4.79 Å². The van der Waals surface area contributed by atoms with Crippen molar-refractivity contribution >= 4 is 5.91 Å². The van der Waals surface area contributed by atoms with E-state index in [1.165, 1.54) is 6.07 Å². The average molecular weight is 265 g/mol. The Hall–Kier alpha value is -1.42. The Morgan fingerprint density at radius 3 is 3.00 bits per heavy atom. The number of likely N-dealkylation sites (tertiary alicyclic amines) is 1. The number of amides is 1. The van der Waals surface area contributed by atoms with Gasteiger partial charge in [-0.15, -0.1) is 0 Å². The number of aliphatic hydroxyl groups excluding tert-OH is 1. The van der Waals surface area contributed by atoms with Crippen molar-refractivity contribution in [1.29, 1.82) is 0 Å². The van der Waals surface area contributed by atoms with Gasteiger partial charge in [-0.25, -0.2) is 4.39 Å². The van der Waals surface area contributed by atoms with E-state index >= 15 is 0 Å². The summed E-state index contributed by atoms with van der Waals surface area (Å²) < 4.78 is 14.0. The number of nitrogens with zero attached hydrogens (tertiary/aromatic N) is 1. The normalized spacial score (nSPS) is 19.5. The molecule has 1 heterocycles. The highest BCUT2D eigenvalue weighted by Crippen LogP contribution is 2.23. The second-order valence-corrected chi connectivity index (χ2v) is 5.10. The van der Waals surface area contributed by atoms with E-state index in [9.17, 15) is 9.18 Å². The topological polar surface area (TPSA) is 40.5 Å². The van der Waals surface area contributed by atoms with Crippen LogP contribution in [0.1, 0.15) is 41.6 Å². The van der Waals surface area contributed by atoms with Crippen molar-refractivity contribution in [2.75, 3.05) is 13.2 Å². The highest BCUT2D eigenvalue weighted by Gasteiger charge is 2.28. The van der Waals surface area contributed by atoms with Crippen molar-refractivity contribution < 1.29 is 14.3 Å². The minimum Gasteiger partial charge on any atom is -0.396 e. The van der Waals surface area contributed by atoms with Gasteiger partial charge >= 0.3 is 0 Å². The van der Waals surface area contributed by atoms with E-state index in [1.54, 1.807) is 24.0 Å². The Bertz CT molecular complexity index is 459. The maximum atomic E-state index is 14.0. The van der Waals surface area contributed by atoms with Gasteiger partial charge < -0.3 is 10.0 Å². The molecule has 1 aliphatic rings. The first-order valence-electron chi connectivity index (χ1n) is 6.82. The Kier molecular flexibility index (Phi) is 4.53. The van der Waals surface area contributed by atoms with Crippen LogP contribution in [0.15, 0.2) is 18.2 Å². The number of aliphatic hydroxyl groups is 1. The summed E-state index contributed by atoms with van der Waals surface area (Å²) in [5.41, 5.74) is 0.631. The lowest BCUT2D eigenvalue weighted by Gasteiger charge is -2.35. The van der Waals surface area contributed by atoms with E-state index in [0.717, 1.165) is 19.3 Å². The molecule has 2 rings (SSSR count). The Balaban J connectivity index is 2.23. The molecule has 1 unspecified atom stereocenters. The summed E-state index contributed by atoms with van der Waals surface area (Å²) in [4.78, 5) is 14.2. The van der Waals surface area contributed by atoms with Crippen LogP contribution in [0.25, 0.3) is 0 Å². The number of hydrogen-bond acceptors (Lipinski definition) is 2. The lowest BCUT2D eigenvalue weighted by molar-refractivity contribution is 0.0570. The Labute approximate surface area is 113 Å². The van der Waals surface area contributed by atoms with Crippen molar-refractivity contribution in [2.24, 2.45) is 0 Å². The highest BCUT2D eigenvalue weighted by atomic mass is 19.1. The number of piperidine rings is 1. The van der Waals surface area contributed by atoms with Crippen LogP contribution in [0.4, 0.5) is 4.39 Å². The summed E-state index contributed by atoms with van der Waals surface area (Å²) in [7, 11) is 0. The molecule has 1 amide bonds. The zero-order valence-electron chi connectivity index (χ0n) is 11.2. The van der Waals surface area contributed by atoms with Crippen LogP contribution in [-0.2, 0) is 0 Å². The second kappa shape index (κ2) is 6.15. The van der Waals surface area contributed by atoms with Crippen LogP contribution in [0.3, 0.4) is 0 Å². The van der Waals surface area contributed by atoms with Crippen LogP contribution < -0.4 is 0 Å². The van der Waals surface area contributed by atoms with Gasteiger partial charge in [0.2, 0.25) is 0 Å². The smallest absolute Gasteiger partial charge is 0.257 e. The Morgan fingerprint density at radius 2 is 2.26 bits per heavy atom. The fourth-order valence-corrected chi connectivity index (χ4v) is 2.68. The van der Waals surface area contributed by atoms with E-state index in [1.807, 2.05) is 0 Å². The van der Waals surface area contributed by atoms with Gasteiger partial charge in [-0.05, 0) is 44.2 Å². The van der Waals surface area contributed by atoms with E-state index in [0.29, 0.717) is 18.5 Å². The molecule has 1 fully saturated rings. The van der Waals surface area contributed by atoms with E-state index in [4.69, 9.17) is 5.11 Å². The zero-order valence-corrected chi connectivity index (χ0v) is 11.2. The molecule has 104 valence electrons. The first-order valence-corrected chi connectivity index (χ1v) is 6.82. The molecule has 0 aromatic heterocycles. The van der Waals surface area contributed by atoms with Crippen molar-refractivity contribution in [2.45, 2.75) is 38.6 Å². The van der Waals surface area contributed by atoms with E-state index < -0.39 is 5.82 Å². The first kappa shape index (κ1) is 14.0. The summed E-state index contributed by atoms with van der Waals surface area (Å²) in [6.07, 6.45) is 3.46. The molecule has 1 aromatic carbocycles. The number of aryl methyl sites for hydroxylation is 1. The number of hydrogen-bond donors (Lipinski definition) is 1. The monoisotopic (exact) mass is 265 g/mol. The van der Waals surface area contributed by atoms with Crippen molar-refractivity contribution in [3.05, 3.63) is 35.1 Å². The summed E-state index contributed by atoms with van der Waals surface area (Å²) in [6.45, 7) is 2.37. The number of carbonyl (C=O) groups excluding carboxylic acids is 1. The molecule has 3 nitrogen and oxygen atoms in total. The fraction of sp³-hybridized carbons (Fsp3) is 0.533. The SMILES string of the molecule is Cc1cccc(C(=O)N2CCCCC2CCO)c1F. The summed E-state index contributed by atoms with van der Waals surface area (Å²) in [5.74, 6) is -0.680. The van der Waals surface area contributed by atoms with Gasteiger partial charge in [0.25, 0.3) is 5.91 Å². The van der Waals surface area contributed by atoms with Crippen LogP contribution >= 0.6 is 0 Å². The molecule has 0 saturated carbocycles. The largest absolute Gasteiger partial charge is 0.396 e. The molecule has 1 aromatic rings. The molecule has 1 saturated heterocycles. The third-order valence-electron chi connectivity index (χ3n) is 3.77. The standard InChI is InChI=1S/C15H20FNO2/c1-11-5-4-7-13(14(11)16)15(19)17-9-3-2-6-12(17)8-10-18/h4-5,7,12,18H,2-3,6,8-10H2,1H3. The van der Waals surface area contributed by atoms with E-state index in [2.05, 4.69) is 0 Å². The van der Waals surface area contributed by atoms with E-state index in [-0.39, 0.29) is 24.1 Å².